The van der Waals surface area contributed by atoms with Crippen molar-refractivity contribution < 1.29 is 4.39 Å². The molecule has 0 amide bonds. The molecule has 1 saturated heterocycles. The van der Waals surface area contributed by atoms with Gasteiger partial charge in [0.05, 0.1) is 18.4 Å². The van der Waals surface area contributed by atoms with Crippen molar-refractivity contribution in [2.24, 2.45) is 0 Å². The second kappa shape index (κ2) is 7.56. The molecule has 0 saturated carbocycles. The normalized spacial score (nSPS) is 19.3. The summed E-state index contributed by atoms with van der Waals surface area (Å²) in [5, 5.41) is 14.3. The molecule has 4 heterocycles. The topological polar surface area (TPSA) is 84.3 Å². The Bertz CT molecular complexity index is 1090. The van der Waals surface area contributed by atoms with Crippen LogP contribution in [0.1, 0.15) is 12.5 Å². The molecule has 8 heteroatoms. The van der Waals surface area contributed by atoms with E-state index in [9.17, 15) is 4.39 Å². The molecule has 0 spiro atoms. The van der Waals surface area contributed by atoms with Gasteiger partial charge in [-0.15, -0.1) is 0 Å². The maximum absolute atomic E-state index is 14.2. The largest absolute Gasteiger partial charge is 0.314 e. The molecule has 0 bridgehead atoms. The summed E-state index contributed by atoms with van der Waals surface area (Å²) in [6.07, 6.45) is 10.6. The summed E-state index contributed by atoms with van der Waals surface area (Å²) in [6, 6.07) is 7.79. The Labute approximate surface area is 167 Å². The zero-order valence-corrected chi connectivity index (χ0v) is 15.7. The quantitative estimate of drug-likeness (QED) is 0.560. The molecule has 4 aromatic rings. The fourth-order valence-electron chi connectivity index (χ4n) is 3.65. The van der Waals surface area contributed by atoms with Crippen molar-refractivity contribution in [1.82, 2.24) is 35.3 Å². The molecule has 1 aromatic carbocycles. The second-order valence-corrected chi connectivity index (χ2v) is 7.15. The van der Waals surface area contributed by atoms with Crippen LogP contribution in [0.3, 0.4) is 0 Å². The summed E-state index contributed by atoms with van der Waals surface area (Å²) in [6.45, 7) is 1.17. The molecule has 0 radical (unpaired) electrons. The van der Waals surface area contributed by atoms with E-state index in [1.54, 1.807) is 29.5 Å². The van der Waals surface area contributed by atoms with Gasteiger partial charge in [0.25, 0.3) is 0 Å². The smallest absolute Gasteiger partial charge is 0.159 e. The van der Waals surface area contributed by atoms with E-state index in [2.05, 4.69) is 30.6 Å². The SMILES string of the molecule is FC1CNCCC1n1cc(-c2cnc(-c3cccc(-c4cn[nH]c4)c3)nc2)cn1. The van der Waals surface area contributed by atoms with Gasteiger partial charge in [-0.2, -0.15) is 10.2 Å². The Balaban J connectivity index is 1.38. The van der Waals surface area contributed by atoms with Crippen molar-refractivity contribution in [3.63, 3.8) is 0 Å². The van der Waals surface area contributed by atoms with Crippen molar-refractivity contribution in [3.8, 4) is 33.6 Å². The van der Waals surface area contributed by atoms with E-state index in [0.29, 0.717) is 12.4 Å². The minimum atomic E-state index is -0.933. The van der Waals surface area contributed by atoms with Crippen LogP contribution in [-0.4, -0.2) is 49.2 Å². The molecule has 29 heavy (non-hydrogen) atoms. The van der Waals surface area contributed by atoms with Crippen LogP contribution in [0.2, 0.25) is 0 Å². The molecular formula is C21H20FN7. The maximum atomic E-state index is 14.2. The molecule has 1 fully saturated rings. The van der Waals surface area contributed by atoms with E-state index < -0.39 is 6.17 Å². The Hall–Kier alpha value is -3.39. The molecular weight excluding hydrogens is 369 g/mol. The summed E-state index contributed by atoms with van der Waals surface area (Å²) in [5.74, 6) is 0.647. The third-order valence-corrected chi connectivity index (χ3v) is 5.25. The van der Waals surface area contributed by atoms with Gasteiger partial charge in [0.1, 0.15) is 6.17 Å². The number of aromatic nitrogens is 6. The zero-order chi connectivity index (χ0) is 19.6. The van der Waals surface area contributed by atoms with E-state index in [4.69, 9.17) is 0 Å². The van der Waals surface area contributed by atoms with Crippen molar-refractivity contribution in [1.29, 1.82) is 0 Å². The van der Waals surface area contributed by atoms with Gasteiger partial charge >= 0.3 is 0 Å². The number of aromatic amines is 1. The molecule has 1 aliphatic rings. The highest BCUT2D eigenvalue weighted by Gasteiger charge is 2.26. The summed E-state index contributed by atoms with van der Waals surface area (Å²) in [4.78, 5) is 9.06. The highest BCUT2D eigenvalue weighted by molar-refractivity contribution is 5.70. The molecule has 146 valence electrons. The fraction of sp³-hybridized carbons (Fsp3) is 0.238. The van der Waals surface area contributed by atoms with Crippen LogP contribution >= 0.6 is 0 Å². The lowest BCUT2D eigenvalue weighted by Gasteiger charge is -2.26. The predicted molar refractivity (Wildman–Crippen MR) is 108 cm³/mol. The van der Waals surface area contributed by atoms with Gasteiger partial charge in [-0.3, -0.25) is 9.78 Å². The highest BCUT2D eigenvalue weighted by Crippen LogP contribution is 2.27. The number of H-pyrrole nitrogens is 1. The van der Waals surface area contributed by atoms with Gasteiger partial charge < -0.3 is 5.32 Å². The summed E-state index contributed by atoms with van der Waals surface area (Å²) in [7, 11) is 0. The molecule has 2 unspecified atom stereocenters. The molecule has 5 rings (SSSR count). The first-order valence-corrected chi connectivity index (χ1v) is 9.59. The van der Waals surface area contributed by atoms with Crippen LogP contribution in [0.5, 0.6) is 0 Å². The first-order valence-electron chi connectivity index (χ1n) is 9.59. The highest BCUT2D eigenvalue weighted by atomic mass is 19.1. The molecule has 0 aliphatic carbocycles. The first kappa shape index (κ1) is 17.7. The lowest BCUT2D eigenvalue weighted by Crippen LogP contribution is -2.39. The second-order valence-electron chi connectivity index (χ2n) is 7.15. The third-order valence-electron chi connectivity index (χ3n) is 5.25. The molecule has 7 nitrogen and oxygen atoms in total. The number of halogens is 1. The number of nitrogens with one attached hydrogen (secondary N) is 2. The molecule has 2 atom stereocenters. The summed E-state index contributed by atoms with van der Waals surface area (Å²) in [5.41, 5.74) is 4.73. The van der Waals surface area contributed by atoms with Gasteiger partial charge in [0.2, 0.25) is 0 Å². The minimum absolute atomic E-state index is 0.226. The number of hydrogen-bond donors (Lipinski definition) is 2. The Morgan fingerprint density at radius 3 is 2.62 bits per heavy atom. The van der Waals surface area contributed by atoms with Crippen molar-refractivity contribution in [2.45, 2.75) is 18.6 Å². The van der Waals surface area contributed by atoms with Gasteiger partial charge in [0, 0.05) is 53.6 Å². The lowest BCUT2D eigenvalue weighted by molar-refractivity contribution is 0.173. The van der Waals surface area contributed by atoms with Crippen LogP contribution in [0.25, 0.3) is 33.6 Å². The van der Waals surface area contributed by atoms with Gasteiger partial charge in [-0.1, -0.05) is 18.2 Å². The predicted octanol–water partition coefficient (Wildman–Crippen LogP) is 3.27. The van der Waals surface area contributed by atoms with Crippen molar-refractivity contribution >= 4 is 0 Å². The number of benzene rings is 1. The average molecular weight is 389 g/mol. The summed E-state index contributed by atoms with van der Waals surface area (Å²) < 4.78 is 15.9. The lowest BCUT2D eigenvalue weighted by atomic mass is 10.1. The Morgan fingerprint density at radius 1 is 0.966 bits per heavy atom. The summed E-state index contributed by atoms with van der Waals surface area (Å²) >= 11 is 0. The van der Waals surface area contributed by atoms with E-state index in [0.717, 1.165) is 40.8 Å². The van der Waals surface area contributed by atoms with E-state index in [1.807, 2.05) is 36.7 Å². The first-order chi connectivity index (χ1) is 14.3. The number of piperidine rings is 1. The van der Waals surface area contributed by atoms with Crippen LogP contribution in [0, 0.1) is 0 Å². The van der Waals surface area contributed by atoms with Crippen molar-refractivity contribution in [2.75, 3.05) is 13.1 Å². The van der Waals surface area contributed by atoms with E-state index >= 15 is 0 Å². The minimum Gasteiger partial charge on any atom is -0.314 e. The van der Waals surface area contributed by atoms with Crippen molar-refractivity contribution in [3.05, 3.63) is 61.4 Å². The van der Waals surface area contributed by atoms with Gasteiger partial charge in [0.15, 0.2) is 5.82 Å². The number of alkyl halides is 1. The van der Waals surface area contributed by atoms with E-state index in [1.165, 1.54) is 0 Å². The Morgan fingerprint density at radius 2 is 1.83 bits per heavy atom. The standard InChI is InChI=1S/C21H20FN7/c22-19-12-23-5-4-20(19)29-13-18(11-28-29)16-7-24-21(25-8-16)15-3-1-2-14(6-15)17-9-26-27-10-17/h1-3,6-11,13,19-20,23H,4-5,12H2,(H,26,27). The number of nitrogens with zero attached hydrogens (tertiary/aromatic N) is 5. The number of hydrogen-bond acceptors (Lipinski definition) is 5. The van der Waals surface area contributed by atoms with Crippen LogP contribution < -0.4 is 5.32 Å². The average Bonchev–Trinajstić information content (AvgIpc) is 3.47. The van der Waals surface area contributed by atoms with Crippen LogP contribution in [0.4, 0.5) is 4.39 Å². The van der Waals surface area contributed by atoms with E-state index in [-0.39, 0.29) is 6.04 Å². The fourth-order valence-corrected chi connectivity index (χ4v) is 3.65. The van der Waals surface area contributed by atoms with Gasteiger partial charge in [-0.25, -0.2) is 14.4 Å². The monoisotopic (exact) mass is 389 g/mol. The van der Waals surface area contributed by atoms with Crippen LogP contribution in [0.15, 0.2) is 61.4 Å². The van der Waals surface area contributed by atoms with Gasteiger partial charge in [-0.05, 0) is 24.6 Å². The third kappa shape index (κ3) is 3.54. The molecule has 1 aliphatic heterocycles. The van der Waals surface area contributed by atoms with Crippen LogP contribution in [-0.2, 0) is 0 Å². The number of rotatable bonds is 4. The Kier molecular flexibility index (Phi) is 4.61. The zero-order valence-electron chi connectivity index (χ0n) is 15.7. The molecule has 3 aromatic heterocycles. The molecule has 2 N–H and O–H groups in total. The maximum Gasteiger partial charge on any atom is 0.159 e.